The van der Waals surface area contributed by atoms with Gasteiger partial charge >= 0.3 is 5.69 Å². The molecule has 0 amide bonds. The summed E-state index contributed by atoms with van der Waals surface area (Å²) < 4.78 is 0. The number of nitro benzene ring substituents is 1. The standard InChI is InChI=1S/C15H19N3O3/c16-11-12-5-4-8-14(15(12)18(20)21)17(9-10-19)13-6-2-1-3-7-13/h4-5,8,13,19H,1-3,6-7,9-10H2. The van der Waals surface area contributed by atoms with Crippen molar-refractivity contribution < 1.29 is 10.0 Å². The summed E-state index contributed by atoms with van der Waals surface area (Å²) in [7, 11) is 0. The first kappa shape index (κ1) is 15.3. The van der Waals surface area contributed by atoms with Crippen molar-refractivity contribution in [2.45, 2.75) is 38.1 Å². The minimum absolute atomic E-state index is 0.0650. The molecule has 1 fully saturated rings. The number of nitro groups is 1. The van der Waals surface area contributed by atoms with Crippen molar-refractivity contribution in [3.8, 4) is 6.07 Å². The van der Waals surface area contributed by atoms with E-state index in [1.165, 1.54) is 12.5 Å². The van der Waals surface area contributed by atoms with Gasteiger partial charge in [-0.3, -0.25) is 10.1 Å². The summed E-state index contributed by atoms with van der Waals surface area (Å²) in [4.78, 5) is 12.8. The molecular weight excluding hydrogens is 270 g/mol. The van der Waals surface area contributed by atoms with Gasteiger partial charge in [0, 0.05) is 12.6 Å². The number of hydrogen-bond acceptors (Lipinski definition) is 5. The molecule has 0 bridgehead atoms. The van der Waals surface area contributed by atoms with Gasteiger partial charge in [-0.25, -0.2) is 0 Å². The maximum atomic E-state index is 11.4. The quantitative estimate of drug-likeness (QED) is 0.664. The molecule has 1 N–H and O–H groups in total. The van der Waals surface area contributed by atoms with E-state index in [2.05, 4.69) is 0 Å². The molecule has 6 nitrogen and oxygen atoms in total. The van der Waals surface area contributed by atoms with Gasteiger partial charge in [0.15, 0.2) is 0 Å². The van der Waals surface area contributed by atoms with Gasteiger partial charge in [0.25, 0.3) is 0 Å². The molecule has 0 unspecified atom stereocenters. The van der Waals surface area contributed by atoms with E-state index in [4.69, 9.17) is 5.26 Å². The molecule has 2 rings (SSSR count). The highest BCUT2D eigenvalue weighted by Crippen LogP contribution is 2.35. The van der Waals surface area contributed by atoms with Crippen molar-refractivity contribution in [3.05, 3.63) is 33.9 Å². The number of rotatable bonds is 5. The molecule has 6 heteroatoms. The predicted molar refractivity (Wildman–Crippen MR) is 79.1 cm³/mol. The Labute approximate surface area is 123 Å². The van der Waals surface area contributed by atoms with Crippen LogP contribution in [-0.2, 0) is 0 Å². The third-order valence-electron chi connectivity index (χ3n) is 3.98. The molecule has 0 atom stereocenters. The minimum Gasteiger partial charge on any atom is -0.395 e. The Morgan fingerprint density at radius 3 is 2.67 bits per heavy atom. The zero-order valence-corrected chi connectivity index (χ0v) is 11.9. The Hall–Kier alpha value is -2.13. The summed E-state index contributed by atoms with van der Waals surface area (Å²) in [5, 5.41) is 29.8. The Kier molecular flexibility index (Phi) is 5.12. The summed E-state index contributed by atoms with van der Waals surface area (Å²) in [5.74, 6) is 0. The van der Waals surface area contributed by atoms with Crippen molar-refractivity contribution in [1.82, 2.24) is 0 Å². The number of para-hydroxylation sites is 1. The molecule has 1 saturated carbocycles. The minimum atomic E-state index is -0.499. The zero-order valence-electron chi connectivity index (χ0n) is 11.9. The first-order valence-electron chi connectivity index (χ1n) is 7.24. The highest BCUT2D eigenvalue weighted by atomic mass is 16.6. The maximum absolute atomic E-state index is 11.4. The van der Waals surface area contributed by atoms with Gasteiger partial charge in [-0.1, -0.05) is 25.3 Å². The van der Waals surface area contributed by atoms with Crippen LogP contribution in [0.5, 0.6) is 0 Å². The summed E-state index contributed by atoms with van der Waals surface area (Å²) >= 11 is 0. The van der Waals surface area contributed by atoms with Crippen molar-refractivity contribution in [3.63, 3.8) is 0 Å². The first-order valence-corrected chi connectivity index (χ1v) is 7.24. The number of aliphatic hydroxyl groups is 1. The smallest absolute Gasteiger partial charge is 0.310 e. The van der Waals surface area contributed by atoms with E-state index in [1.54, 1.807) is 12.1 Å². The Balaban J connectivity index is 2.44. The van der Waals surface area contributed by atoms with Crippen LogP contribution >= 0.6 is 0 Å². The molecule has 112 valence electrons. The number of nitriles is 1. The fourth-order valence-corrected chi connectivity index (χ4v) is 3.05. The van der Waals surface area contributed by atoms with Crippen LogP contribution in [0.1, 0.15) is 37.7 Å². The van der Waals surface area contributed by atoms with Crippen LogP contribution in [0.15, 0.2) is 18.2 Å². The number of nitrogens with zero attached hydrogens (tertiary/aromatic N) is 3. The lowest BCUT2D eigenvalue weighted by atomic mass is 9.93. The average Bonchev–Trinajstić information content (AvgIpc) is 2.52. The van der Waals surface area contributed by atoms with Crippen LogP contribution in [0, 0.1) is 21.4 Å². The molecule has 1 aliphatic carbocycles. The maximum Gasteiger partial charge on any atom is 0.310 e. The number of anilines is 1. The molecule has 0 radical (unpaired) electrons. The highest BCUT2D eigenvalue weighted by molar-refractivity contribution is 5.70. The number of aliphatic hydroxyl groups excluding tert-OH is 1. The second-order valence-corrected chi connectivity index (χ2v) is 5.25. The normalized spacial score (nSPS) is 15.4. The highest BCUT2D eigenvalue weighted by Gasteiger charge is 2.28. The average molecular weight is 289 g/mol. The van der Waals surface area contributed by atoms with Gasteiger partial charge < -0.3 is 10.0 Å². The van der Waals surface area contributed by atoms with Crippen LogP contribution < -0.4 is 4.90 Å². The number of hydrogen-bond donors (Lipinski definition) is 1. The monoisotopic (exact) mass is 289 g/mol. The number of benzene rings is 1. The van der Waals surface area contributed by atoms with E-state index in [1.807, 2.05) is 11.0 Å². The lowest BCUT2D eigenvalue weighted by Crippen LogP contribution is -2.39. The van der Waals surface area contributed by atoms with Gasteiger partial charge in [0.1, 0.15) is 17.3 Å². The fourth-order valence-electron chi connectivity index (χ4n) is 3.05. The summed E-state index contributed by atoms with van der Waals surface area (Å²) in [6.45, 7) is 0.283. The molecule has 1 aromatic rings. The van der Waals surface area contributed by atoms with Crippen LogP contribution in [0.2, 0.25) is 0 Å². The molecule has 0 spiro atoms. The first-order chi connectivity index (χ1) is 10.2. The van der Waals surface area contributed by atoms with Crippen molar-refractivity contribution >= 4 is 11.4 Å². The Morgan fingerprint density at radius 1 is 1.38 bits per heavy atom. The van der Waals surface area contributed by atoms with E-state index in [0.717, 1.165) is 25.7 Å². The third-order valence-corrected chi connectivity index (χ3v) is 3.98. The molecular formula is C15H19N3O3. The summed E-state index contributed by atoms with van der Waals surface area (Å²) in [6.07, 6.45) is 5.31. The van der Waals surface area contributed by atoms with E-state index in [-0.39, 0.29) is 23.9 Å². The molecule has 1 aliphatic rings. The second kappa shape index (κ2) is 7.04. The molecule has 21 heavy (non-hydrogen) atoms. The van der Waals surface area contributed by atoms with Gasteiger partial charge in [-0.15, -0.1) is 0 Å². The van der Waals surface area contributed by atoms with E-state index in [9.17, 15) is 15.2 Å². The van der Waals surface area contributed by atoms with Gasteiger partial charge in [0.05, 0.1) is 11.5 Å². The van der Waals surface area contributed by atoms with Crippen LogP contribution in [0.3, 0.4) is 0 Å². The van der Waals surface area contributed by atoms with Crippen molar-refractivity contribution in [2.24, 2.45) is 0 Å². The van der Waals surface area contributed by atoms with Crippen LogP contribution in [0.25, 0.3) is 0 Å². The molecule has 0 saturated heterocycles. The van der Waals surface area contributed by atoms with E-state index < -0.39 is 4.92 Å². The Morgan fingerprint density at radius 2 is 2.10 bits per heavy atom. The van der Waals surface area contributed by atoms with Gasteiger partial charge in [0.2, 0.25) is 0 Å². The van der Waals surface area contributed by atoms with E-state index in [0.29, 0.717) is 12.2 Å². The van der Waals surface area contributed by atoms with Crippen LogP contribution in [0.4, 0.5) is 11.4 Å². The third kappa shape index (κ3) is 3.31. The van der Waals surface area contributed by atoms with Crippen molar-refractivity contribution in [1.29, 1.82) is 5.26 Å². The van der Waals surface area contributed by atoms with Crippen LogP contribution in [-0.4, -0.2) is 29.2 Å². The fraction of sp³-hybridized carbons (Fsp3) is 0.533. The second-order valence-electron chi connectivity index (χ2n) is 5.25. The molecule has 0 aliphatic heterocycles. The topological polar surface area (TPSA) is 90.4 Å². The van der Waals surface area contributed by atoms with Crippen molar-refractivity contribution in [2.75, 3.05) is 18.1 Å². The molecule has 0 aromatic heterocycles. The molecule has 0 heterocycles. The lowest BCUT2D eigenvalue weighted by molar-refractivity contribution is -0.384. The zero-order chi connectivity index (χ0) is 15.2. The van der Waals surface area contributed by atoms with Gasteiger partial charge in [-0.2, -0.15) is 5.26 Å². The summed E-state index contributed by atoms with van der Waals surface area (Å²) in [6, 6.07) is 6.87. The summed E-state index contributed by atoms with van der Waals surface area (Å²) in [5.41, 5.74) is 0.357. The Bertz CT molecular complexity index is 548. The SMILES string of the molecule is N#Cc1cccc(N(CCO)C2CCCCC2)c1[N+](=O)[O-]. The predicted octanol–water partition coefficient (Wildman–Crippen LogP) is 2.60. The largest absolute Gasteiger partial charge is 0.395 e. The van der Waals surface area contributed by atoms with E-state index >= 15 is 0 Å². The molecule has 1 aromatic carbocycles. The lowest BCUT2D eigenvalue weighted by Gasteiger charge is -2.35. The van der Waals surface area contributed by atoms with Gasteiger partial charge in [-0.05, 0) is 25.0 Å².